The second-order valence-electron chi connectivity index (χ2n) is 8.31. The molecule has 1 aromatic carbocycles. The third-order valence-electron chi connectivity index (χ3n) is 5.61. The molecule has 14 heteroatoms. The topological polar surface area (TPSA) is 153 Å². The van der Waals surface area contributed by atoms with Gasteiger partial charge >= 0.3 is 5.97 Å². The molecule has 12 nitrogen and oxygen atoms in total. The number of aryl methyl sites for hydroxylation is 2. The summed E-state index contributed by atoms with van der Waals surface area (Å²) in [5, 5.41) is 30.3. The number of benzene rings is 1. The number of hydrogen-bond donors (Lipinski definition) is 3. The van der Waals surface area contributed by atoms with Crippen LogP contribution in [0.1, 0.15) is 27.3 Å². The van der Waals surface area contributed by atoms with Gasteiger partial charge in [-0.2, -0.15) is 9.78 Å². The normalized spacial score (nSPS) is 12.0. The molecule has 0 radical (unpaired) electrons. The highest BCUT2D eigenvalue weighted by molar-refractivity contribution is 6.31. The van der Waals surface area contributed by atoms with Gasteiger partial charge in [-0.1, -0.05) is 11.6 Å². The first-order valence-corrected chi connectivity index (χ1v) is 11.7. The van der Waals surface area contributed by atoms with E-state index in [1.54, 1.807) is 4.68 Å². The van der Waals surface area contributed by atoms with Gasteiger partial charge in [0.05, 0.1) is 28.0 Å². The number of tetrazole rings is 1. The van der Waals surface area contributed by atoms with E-state index >= 15 is 0 Å². The van der Waals surface area contributed by atoms with Crippen LogP contribution in [0.15, 0.2) is 48.9 Å². The molecule has 0 saturated heterocycles. The average molecular weight is 540 g/mol. The van der Waals surface area contributed by atoms with E-state index in [1.807, 2.05) is 20.0 Å². The number of anilines is 1. The van der Waals surface area contributed by atoms with Crippen molar-refractivity contribution in [3.63, 3.8) is 0 Å². The van der Waals surface area contributed by atoms with E-state index in [0.29, 0.717) is 17.9 Å². The van der Waals surface area contributed by atoms with E-state index < -0.39 is 23.7 Å². The first-order valence-electron chi connectivity index (χ1n) is 11.3. The number of nitrogens with zero attached hydrogens (tertiary/aromatic N) is 7. The molecule has 4 rings (SSSR count). The molecule has 3 N–H and O–H groups in total. The summed E-state index contributed by atoms with van der Waals surface area (Å²) in [6.45, 7) is 2.18. The fourth-order valence-corrected chi connectivity index (χ4v) is 3.77. The lowest BCUT2D eigenvalue weighted by molar-refractivity contribution is -0.117. The minimum absolute atomic E-state index is 0.0395. The minimum Gasteiger partial charge on any atom is -0.478 e. The van der Waals surface area contributed by atoms with Crippen LogP contribution in [-0.2, 0) is 18.3 Å². The molecular weight excluding hydrogens is 517 g/mol. The van der Waals surface area contributed by atoms with E-state index in [4.69, 9.17) is 16.7 Å². The number of rotatable bonds is 10. The standard InChI is InChI=1S/C24H23ClFN9O3/c1-14-9-16(31-34(14)2)10-17(12-28-21-7-3-15(11-27-21)24(37)38)30-22(36)8-4-18-20(35-13-29-32-33-35)6-5-19(25)23(18)26/h3-9,11,13,17H,10,12H2,1-2H3,(H,27,28)(H,30,36)(H,37,38)/b8-4+. The van der Waals surface area contributed by atoms with Gasteiger partial charge in [0.25, 0.3) is 0 Å². The third-order valence-corrected chi connectivity index (χ3v) is 5.91. The number of carboxylic acids is 1. The largest absolute Gasteiger partial charge is 0.478 e. The van der Waals surface area contributed by atoms with E-state index in [-0.39, 0.29) is 22.7 Å². The second-order valence-corrected chi connectivity index (χ2v) is 8.72. The fourth-order valence-electron chi connectivity index (χ4n) is 3.61. The Morgan fingerprint density at radius 2 is 2.08 bits per heavy atom. The van der Waals surface area contributed by atoms with E-state index in [2.05, 4.69) is 36.2 Å². The highest BCUT2D eigenvalue weighted by Gasteiger charge is 2.17. The van der Waals surface area contributed by atoms with Crippen molar-refractivity contribution < 1.29 is 19.1 Å². The molecule has 0 bridgehead atoms. The van der Waals surface area contributed by atoms with Crippen LogP contribution in [-0.4, -0.2) is 64.5 Å². The van der Waals surface area contributed by atoms with E-state index in [9.17, 15) is 14.0 Å². The molecule has 4 aromatic rings. The number of carbonyl (C=O) groups is 2. The van der Waals surface area contributed by atoms with Gasteiger partial charge in [0.15, 0.2) is 5.82 Å². The Kier molecular flexibility index (Phi) is 8.06. The van der Waals surface area contributed by atoms with Gasteiger partial charge in [0.1, 0.15) is 12.1 Å². The Balaban J connectivity index is 1.51. The number of carboxylic acid groups (broad SMARTS) is 1. The highest BCUT2D eigenvalue weighted by Crippen LogP contribution is 2.25. The third kappa shape index (κ3) is 6.37. The first kappa shape index (κ1) is 26.4. The Morgan fingerprint density at radius 3 is 2.71 bits per heavy atom. The van der Waals surface area contributed by atoms with Crippen LogP contribution in [0.4, 0.5) is 10.2 Å². The summed E-state index contributed by atoms with van der Waals surface area (Å²) in [5.74, 6) is -1.84. The molecule has 3 aromatic heterocycles. The van der Waals surface area contributed by atoms with E-state index in [0.717, 1.165) is 11.4 Å². The predicted molar refractivity (Wildman–Crippen MR) is 136 cm³/mol. The van der Waals surface area contributed by atoms with Crippen LogP contribution in [0.25, 0.3) is 11.8 Å². The zero-order valence-electron chi connectivity index (χ0n) is 20.3. The van der Waals surface area contributed by atoms with Crippen LogP contribution in [0.3, 0.4) is 0 Å². The van der Waals surface area contributed by atoms with Crippen molar-refractivity contribution in [3.8, 4) is 5.69 Å². The maximum Gasteiger partial charge on any atom is 0.337 e. The molecule has 0 aliphatic carbocycles. The van der Waals surface area contributed by atoms with Crippen LogP contribution >= 0.6 is 11.6 Å². The molecule has 0 spiro atoms. The summed E-state index contributed by atoms with van der Waals surface area (Å²) >= 11 is 5.95. The van der Waals surface area contributed by atoms with Crippen molar-refractivity contribution in [1.82, 2.24) is 40.3 Å². The Morgan fingerprint density at radius 1 is 1.26 bits per heavy atom. The smallest absolute Gasteiger partial charge is 0.337 e. The molecule has 1 atom stereocenters. The maximum atomic E-state index is 14.8. The van der Waals surface area contributed by atoms with Gasteiger partial charge in [0, 0.05) is 43.5 Å². The second kappa shape index (κ2) is 11.6. The molecule has 1 unspecified atom stereocenters. The lowest BCUT2D eigenvalue weighted by Crippen LogP contribution is -2.40. The summed E-state index contributed by atoms with van der Waals surface area (Å²) in [4.78, 5) is 28.0. The minimum atomic E-state index is -1.08. The number of amides is 1. The zero-order valence-corrected chi connectivity index (χ0v) is 21.1. The van der Waals surface area contributed by atoms with Gasteiger partial charge in [-0.05, 0) is 53.8 Å². The van der Waals surface area contributed by atoms with Crippen LogP contribution < -0.4 is 10.6 Å². The number of pyridine rings is 1. The van der Waals surface area contributed by atoms with Gasteiger partial charge in [-0.25, -0.2) is 14.2 Å². The quantitative estimate of drug-likeness (QED) is 0.258. The number of carbonyl (C=O) groups excluding carboxylic acids is 1. The SMILES string of the molecule is Cc1cc(CC(CNc2ccc(C(=O)O)cn2)NC(=O)/C=C/c2c(-n3cnnn3)ccc(Cl)c2F)nn1C. The zero-order chi connectivity index (χ0) is 27.2. The first-order chi connectivity index (χ1) is 18.2. The maximum absolute atomic E-state index is 14.8. The average Bonchev–Trinajstić information content (AvgIpc) is 3.53. The molecule has 1 amide bonds. The number of aromatic nitrogens is 7. The van der Waals surface area contributed by atoms with Crippen LogP contribution in [0, 0.1) is 12.7 Å². The van der Waals surface area contributed by atoms with Crippen molar-refractivity contribution >= 4 is 35.4 Å². The fraction of sp³-hybridized carbons (Fsp3) is 0.208. The highest BCUT2D eigenvalue weighted by atomic mass is 35.5. The molecule has 38 heavy (non-hydrogen) atoms. The van der Waals surface area contributed by atoms with Gasteiger partial charge < -0.3 is 15.7 Å². The number of aromatic carboxylic acids is 1. The Hall–Kier alpha value is -4.65. The van der Waals surface area contributed by atoms with Crippen LogP contribution in [0.2, 0.25) is 5.02 Å². The molecule has 0 aliphatic rings. The van der Waals surface area contributed by atoms with Crippen molar-refractivity contribution in [2.75, 3.05) is 11.9 Å². The molecule has 3 heterocycles. The molecule has 196 valence electrons. The lowest BCUT2D eigenvalue weighted by atomic mass is 10.1. The summed E-state index contributed by atoms with van der Waals surface area (Å²) in [7, 11) is 1.82. The Bertz CT molecular complexity index is 1450. The monoisotopic (exact) mass is 539 g/mol. The number of nitrogens with one attached hydrogen (secondary N) is 2. The van der Waals surface area contributed by atoms with Gasteiger partial charge in [-0.3, -0.25) is 9.48 Å². The summed E-state index contributed by atoms with van der Waals surface area (Å²) < 4.78 is 17.8. The van der Waals surface area contributed by atoms with Crippen molar-refractivity contribution in [3.05, 3.63) is 82.3 Å². The van der Waals surface area contributed by atoms with Crippen molar-refractivity contribution in [2.45, 2.75) is 19.4 Å². The lowest BCUT2D eigenvalue weighted by Gasteiger charge is -2.18. The number of halogens is 2. The van der Waals surface area contributed by atoms with Crippen LogP contribution in [0.5, 0.6) is 0 Å². The van der Waals surface area contributed by atoms with Gasteiger partial charge in [0.2, 0.25) is 5.91 Å². The molecule has 0 fully saturated rings. The van der Waals surface area contributed by atoms with Crippen molar-refractivity contribution in [1.29, 1.82) is 0 Å². The van der Waals surface area contributed by atoms with Gasteiger partial charge in [-0.15, -0.1) is 5.10 Å². The predicted octanol–water partition coefficient (Wildman–Crippen LogP) is 2.44. The summed E-state index contributed by atoms with van der Waals surface area (Å²) in [5.41, 5.74) is 2.12. The summed E-state index contributed by atoms with van der Waals surface area (Å²) in [6.07, 6.45) is 5.43. The summed E-state index contributed by atoms with van der Waals surface area (Å²) in [6, 6.07) is 7.35. The molecular formula is C24H23ClFN9O3. The van der Waals surface area contributed by atoms with E-state index in [1.165, 1.54) is 53.6 Å². The number of hydrogen-bond acceptors (Lipinski definition) is 8. The molecule has 0 saturated carbocycles. The van der Waals surface area contributed by atoms with Crippen molar-refractivity contribution in [2.24, 2.45) is 7.05 Å². The Labute approximate surface area is 221 Å². The molecule has 0 aliphatic heterocycles.